The third-order valence-electron chi connectivity index (χ3n) is 4.08. The van der Waals surface area contributed by atoms with Gasteiger partial charge in [-0.15, -0.1) is 11.3 Å². The van der Waals surface area contributed by atoms with Gasteiger partial charge >= 0.3 is 6.18 Å². The Morgan fingerprint density at radius 1 is 1.08 bits per heavy atom. The van der Waals surface area contributed by atoms with E-state index in [9.17, 15) is 13.2 Å². The Hall–Kier alpha value is -2.15. The number of thiophene rings is 1. The molecule has 0 N–H and O–H groups in total. The van der Waals surface area contributed by atoms with Crippen LogP contribution in [0.25, 0.3) is 21.8 Å². The Morgan fingerprint density at radius 2 is 1.92 bits per heavy atom. The molecule has 0 saturated carbocycles. The number of aromatic nitrogens is 3. The van der Waals surface area contributed by atoms with Crippen LogP contribution in [0.3, 0.4) is 0 Å². The number of alkyl halides is 3. The molecule has 0 amide bonds. The first-order chi connectivity index (χ1) is 12.5. The molecular formula is C19H19F3N3S-. The quantitative estimate of drug-likeness (QED) is 0.476. The van der Waals surface area contributed by atoms with Crippen molar-refractivity contribution in [3.63, 3.8) is 0 Å². The van der Waals surface area contributed by atoms with E-state index in [4.69, 9.17) is 0 Å². The highest BCUT2D eigenvalue weighted by atomic mass is 32.1. The van der Waals surface area contributed by atoms with Crippen LogP contribution in [-0.4, -0.2) is 10.1 Å². The minimum absolute atomic E-state index is 0.131. The van der Waals surface area contributed by atoms with Crippen molar-refractivity contribution in [2.24, 2.45) is 0 Å². The Morgan fingerprint density at radius 3 is 2.58 bits per heavy atom. The summed E-state index contributed by atoms with van der Waals surface area (Å²) in [6, 6.07) is 8.66. The summed E-state index contributed by atoms with van der Waals surface area (Å²) in [5.74, 6) is 0. The molecule has 7 heteroatoms. The molecule has 0 aromatic carbocycles. The summed E-state index contributed by atoms with van der Waals surface area (Å²) in [5, 5.41) is 6.75. The van der Waals surface area contributed by atoms with Crippen molar-refractivity contribution < 1.29 is 13.2 Å². The molecule has 0 aliphatic heterocycles. The number of nitrogens with zero attached hydrogens (tertiary/aromatic N) is 3. The normalized spacial score (nSPS) is 11.8. The van der Waals surface area contributed by atoms with E-state index in [2.05, 4.69) is 34.2 Å². The van der Waals surface area contributed by atoms with E-state index < -0.39 is 11.9 Å². The van der Waals surface area contributed by atoms with Crippen LogP contribution in [0.2, 0.25) is 0 Å². The summed E-state index contributed by atoms with van der Waals surface area (Å²) in [5.41, 5.74) is 0.471. The van der Waals surface area contributed by atoms with Crippen molar-refractivity contribution in [1.82, 2.24) is 15.2 Å². The summed E-state index contributed by atoms with van der Waals surface area (Å²) >= 11 is 1.74. The molecule has 138 valence electrons. The predicted molar refractivity (Wildman–Crippen MR) is 96.9 cm³/mol. The maximum atomic E-state index is 12.6. The van der Waals surface area contributed by atoms with E-state index >= 15 is 0 Å². The van der Waals surface area contributed by atoms with Gasteiger partial charge in [-0.05, 0) is 43.2 Å². The summed E-state index contributed by atoms with van der Waals surface area (Å²) in [7, 11) is 0. The Bertz CT molecular complexity index is 834. The SMILES string of the molecule is CCCCCCc1ccc(-c2ccc(-c3cc(C(F)(F)F)n[n-]3)nc2)s1. The van der Waals surface area contributed by atoms with Crippen LogP contribution in [0, 0.1) is 0 Å². The van der Waals surface area contributed by atoms with Gasteiger partial charge in [-0.2, -0.15) is 13.2 Å². The second-order valence-electron chi connectivity index (χ2n) is 6.12. The highest BCUT2D eigenvalue weighted by Crippen LogP contribution is 2.31. The van der Waals surface area contributed by atoms with Gasteiger partial charge in [-0.1, -0.05) is 31.9 Å². The first kappa shape index (κ1) is 18.6. The van der Waals surface area contributed by atoms with E-state index in [1.807, 2.05) is 6.07 Å². The molecule has 0 saturated heterocycles. The third kappa shape index (κ3) is 4.52. The van der Waals surface area contributed by atoms with Crippen molar-refractivity contribution in [3.8, 4) is 21.8 Å². The molecule has 0 aliphatic carbocycles. The topological polar surface area (TPSA) is 39.9 Å². The van der Waals surface area contributed by atoms with Crippen molar-refractivity contribution in [2.75, 3.05) is 0 Å². The first-order valence-corrected chi connectivity index (χ1v) is 9.42. The minimum Gasteiger partial charge on any atom is -0.573 e. The molecule has 26 heavy (non-hydrogen) atoms. The van der Waals surface area contributed by atoms with Crippen LogP contribution < -0.4 is 5.10 Å². The number of unbranched alkanes of at least 4 members (excludes halogenated alkanes) is 3. The lowest BCUT2D eigenvalue weighted by molar-refractivity contribution is -0.141. The number of halogens is 3. The van der Waals surface area contributed by atoms with Gasteiger partial charge in [0.2, 0.25) is 0 Å². The van der Waals surface area contributed by atoms with Gasteiger partial charge in [0.25, 0.3) is 0 Å². The highest BCUT2D eigenvalue weighted by Gasteiger charge is 2.31. The second-order valence-corrected chi connectivity index (χ2v) is 7.29. The summed E-state index contributed by atoms with van der Waals surface area (Å²) in [4.78, 5) is 6.71. The van der Waals surface area contributed by atoms with Crippen LogP contribution in [-0.2, 0) is 12.6 Å². The fourth-order valence-electron chi connectivity index (χ4n) is 2.64. The molecule has 3 heterocycles. The molecule has 3 aromatic heterocycles. The smallest absolute Gasteiger partial charge is 0.431 e. The minimum atomic E-state index is -4.49. The molecule has 0 unspecified atom stereocenters. The number of aryl methyl sites for hydroxylation is 1. The van der Waals surface area contributed by atoms with Crippen LogP contribution in [0.1, 0.15) is 43.2 Å². The average molecular weight is 378 g/mol. The monoisotopic (exact) mass is 378 g/mol. The number of pyridine rings is 1. The van der Waals surface area contributed by atoms with Gasteiger partial charge in [0, 0.05) is 27.2 Å². The van der Waals surface area contributed by atoms with E-state index in [1.165, 1.54) is 30.6 Å². The van der Waals surface area contributed by atoms with Gasteiger partial charge in [0.15, 0.2) is 0 Å². The molecule has 3 nitrogen and oxygen atoms in total. The van der Waals surface area contributed by atoms with Gasteiger partial charge in [0.05, 0.1) is 0 Å². The molecular weight excluding hydrogens is 359 g/mol. The summed E-state index contributed by atoms with van der Waals surface area (Å²) in [6.45, 7) is 2.20. The lowest BCUT2D eigenvalue weighted by atomic mass is 10.1. The largest absolute Gasteiger partial charge is 0.573 e. The fourth-order valence-corrected chi connectivity index (χ4v) is 3.68. The van der Waals surface area contributed by atoms with Crippen LogP contribution in [0.15, 0.2) is 36.5 Å². The molecule has 0 radical (unpaired) electrons. The maximum absolute atomic E-state index is 12.6. The Kier molecular flexibility index (Phi) is 5.76. The van der Waals surface area contributed by atoms with Gasteiger partial charge in [-0.3, -0.25) is 4.98 Å². The maximum Gasteiger partial charge on any atom is 0.431 e. The predicted octanol–water partition coefficient (Wildman–Crippen LogP) is 5.97. The average Bonchev–Trinajstić information content (AvgIpc) is 3.28. The first-order valence-electron chi connectivity index (χ1n) is 8.60. The molecule has 0 fully saturated rings. The molecule has 3 rings (SSSR count). The molecule has 3 aromatic rings. The standard InChI is InChI=1S/C19H19F3N3S/c1-2-3-4-5-6-14-8-10-17(26-14)13-7-9-15(23-12-13)16-11-18(25-24-16)19(20,21)22/h7-12H,2-6H2,1H3/q-1. The van der Waals surface area contributed by atoms with E-state index in [0.29, 0.717) is 5.69 Å². The van der Waals surface area contributed by atoms with Crippen molar-refractivity contribution in [3.05, 3.63) is 47.1 Å². The van der Waals surface area contributed by atoms with Gasteiger partial charge in [-0.25, -0.2) is 0 Å². The van der Waals surface area contributed by atoms with Gasteiger partial charge in [0.1, 0.15) is 5.69 Å². The zero-order valence-corrected chi connectivity index (χ0v) is 15.2. The molecule has 0 spiro atoms. The number of hydrogen-bond acceptors (Lipinski definition) is 3. The van der Waals surface area contributed by atoms with E-state index in [-0.39, 0.29) is 5.69 Å². The molecule has 0 aliphatic rings. The van der Waals surface area contributed by atoms with Crippen LogP contribution >= 0.6 is 11.3 Å². The lowest BCUT2D eigenvalue weighted by Gasteiger charge is -2.05. The van der Waals surface area contributed by atoms with Crippen molar-refractivity contribution in [1.29, 1.82) is 0 Å². The van der Waals surface area contributed by atoms with E-state index in [1.54, 1.807) is 23.6 Å². The van der Waals surface area contributed by atoms with E-state index in [0.717, 1.165) is 22.9 Å². The number of rotatable bonds is 7. The molecule has 0 atom stereocenters. The summed E-state index contributed by atoms with van der Waals surface area (Å²) < 4.78 is 37.8. The lowest BCUT2D eigenvalue weighted by Crippen LogP contribution is -2.04. The van der Waals surface area contributed by atoms with Crippen molar-refractivity contribution in [2.45, 2.75) is 45.2 Å². The van der Waals surface area contributed by atoms with Crippen LogP contribution in [0.5, 0.6) is 0 Å². The molecule has 0 bridgehead atoms. The Labute approximate surface area is 154 Å². The zero-order chi connectivity index (χ0) is 18.6. The fraction of sp³-hybridized carbons (Fsp3) is 0.368. The van der Waals surface area contributed by atoms with Gasteiger partial charge < -0.3 is 10.2 Å². The second kappa shape index (κ2) is 8.03. The Balaban J connectivity index is 1.68. The van der Waals surface area contributed by atoms with Crippen LogP contribution in [0.4, 0.5) is 13.2 Å². The summed E-state index contributed by atoms with van der Waals surface area (Å²) in [6.07, 6.45) is 3.21. The third-order valence-corrected chi connectivity index (χ3v) is 5.27. The number of hydrogen-bond donors (Lipinski definition) is 0. The zero-order valence-electron chi connectivity index (χ0n) is 14.4. The van der Waals surface area contributed by atoms with Crippen molar-refractivity contribution >= 4 is 11.3 Å². The highest BCUT2D eigenvalue weighted by molar-refractivity contribution is 7.15.